The van der Waals surface area contributed by atoms with Crippen molar-refractivity contribution in [2.75, 3.05) is 29.9 Å². The number of rotatable bonds is 8. The molecule has 1 saturated heterocycles. The van der Waals surface area contributed by atoms with E-state index in [1.807, 2.05) is 31.2 Å². The van der Waals surface area contributed by atoms with Gasteiger partial charge in [-0.3, -0.25) is 14.9 Å². The van der Waals surface area contributed by atoms with Gasteiger partial charge in [0.15, 0.2) is 5.75 Å². The van der Waals surface area contributed by atoms with Crippen LogP contribution in [0.5, 0.6) is 5.75 Å². The first kappa shape index (κ1) is 20.4. The van der Waals surface area contributed by atoms with Crippen LogP contribution in [-0.2, 0) is 4.79 Å². The zero-order valence-corrected chi connectivity index (χ0v) is 16.5. The highest BCUT2D eigenvalue weighted by atomic mass is 16.6. The Labute approximate surface area is 170 Å². The van der Waals surface area contributed by atoms with Crippen LogP contribution in [0.25, 0.3) is 6.08 Å². The number of hydrogen-bond acceptors (Lipinski definition) is 5. The lowest BCUT2D eigenvalue weighted by atomic mass is 10.1. The standard InChI is InChI=1S/C22H25N3O4/c1-2-15-29-21-11-5-17(16-20(21)25(27)28)6-12-22(26)23-18-7-9-19(10-8-18)24-13-3-4-14-24/h5-12,16H,2-4,13-15H2,1H3,(H,23,26)/b12-6+. The summed E-state index contributed by atoms with van der Waals surface area (Å²) in [5.74, 6) is -0.0653. The lowest BCUT2D eigenvalue weighted by Crippen LogP contribution is -2.17. The number of nitro groups is 1. The Bertz CT molecular complexity index is 887. The number of hydrogen-bond donors (Lipinski definition) is 1. The number of anilines is 2. The fourth-order valence-corrected chi connectivity index (χ4v) is 3.20. The van der Waals surface area contributed by atoms with Crippen LogP contribution in [-0.4, -0.2) is 30.5 Å². The van der Waals surface area contributed by atoms with Gasteiger partial charge in [0.25, 0.3) is 0 Å². The minimum absolute atomic E-state index is 0.112. The lowest BCUT2D eigenvalue weighted by Gasteiger charge is -2.17. The van der Waals surface area contributed by atoms with Gasteiger partial charge < -0.3 is 15.0 Å². The number of nitrogens with zero attached hydrogens (tertiary/aromatic N) is 2. The summed E-state index contributed by atoms with van der Waals surface area (Å²) in [5.41, 5.74) is 2.31. The molecule has 0 radical (unpaired) electrons. The molecule has 1 fully saturated rings. The largest absolute Gasteiger partial charge is 0.487 e. The minimum atomic E-state index is -0.482. The van der Waals surface area contributed by atoms with E-state index < -0.39 is 4.92 Å². The Morgan fingerprint density at radius 3 is 2.59 bits per heavy atom. The molecule has 1 heterocycles. The molecule has 0 bridgehead atoms. The predicted molar refractivity (Wildman–Crippen MR) is 114 cm³/mol. The SMILES string of the molecule is CCCOc1ccc(/C=C/C(=O)Nc2ccc(N3CCCC3)cc2)cc1[N+](=O)[O-]. The number of carbonyl (C=O) groups is 1. The maximum Gasteiger partial charge on any atom is 0.311 e. The summed E-state index contributed by atoms with van der Waals surface area (Å²) in [6.07, 6.45) is 6.10. The molecule has 2 aromatic carbocycles. The average molecular weight is 395 g/mol. The summed E-state index contributed by atoms with van der Waals surface area (Å²) in [5, 5.41) is 14.1. The molecule has 0 spiro atoms. The van der Waals surface area contributed by atoms with Gasteiger partial charge in [-0.1, -0.05) is 13.0 Å². The van der Waals surface area contributed by atoms with Gasteiger partial charge in [0.1, 0.15) is 0 Å². The molecule has 152 valence electrons. The number of nitrogens with one attached hydrogen (secondary N) is 1. The van der Waals surface area contributed by atoms with Crippen LogP contribution in [0.3, 0.4) is 0 Å². The van der Waals surface area contributed by atoms with Crippen LogP contribution in [0.4, 0.5) is 17.1 Å². The first-order valence-electron chi connectivity index (χ1n) is 9.82. The van der Waals surface area contributed by atoms with E-state index in [4.69, 9.17) is 4.74 Å². The van der Waals surface area contributed by atoms with Crippen LogP contribution >= 0.6 is 0 Å². The molecule has 1 aliphatic heterocycles. The molecule has 0 unspecified atom stereocenters. The third-order valence-electron chi connectivity index (χ3n) is 4.67. The third kappa shape index (κ3) is 5.57. The van der Waals surface area contributed by atoms with Crippen LogP contribution in [0, 0.1) is 10.1 Å². The Morgan fingerprint density at radius 1 is 1.21 bits per heavy atom. The molecule has 7 heteroatoms. The zero-order valence-electron chi connectivity index (χ0n) is 16.5. The van der Waals surface area contributed by atoms with E-state index >= 15 is 0 Å². The van der Waals surface area contributed by atoms with Gasteiger partial charge in [0, 0.05) is 36.6 Å². The maximum absolute atomic E-state index is 12.2. The smallest absolute Gasteiger partial charge is 0.311 e. The van der Waals surface area contributed by atoms with Crippen molar-refractivity contribution in [2.45, 2.75) is 26.2 Å². The van der Waals surface area contributed by atoms with E-state index in [1.54, 1.807) is 18.2 Å². The molecular formula is C22H25N3O4. The molecule has 0 aliphatic carbocycles. The normalized spacial score (nSPS) is 13.6. The molecule has 0 aromatic heterocycles. The number of amides is 1. The van der Waals surface area contributed by atoms with Gasteiger partial charge >= 0.3 is 5.69 Å². The van der Waals surface area contributed by atoms with E-state index in [1.165, 1.54) is 25.0 Å². The molecule has 7 nitrogen and oxygen atoms in total. The van der Waals surface area contributed by atoms with Gasteiger partial charge in [-0.15, -0.1) is 0 Å². The van der Waals surface area contributed by atoms with Crippen LogP contribution in [0.2, 0.25) is 0 Å². The Kier molecular flexibility index (Phi) is 6.84. The van der Waals surface area contributed by atoms with Gasteiger partial charge in [0.05, 0.1) is 11.5 Å². The second kappa shape index (κ2) is 9.73. The first-order valence-corrected chi connectivity index (χ1v) is 9.82. The van der Waals surface area contributed by atoms with Crippen molar-refractivity contribution in [3.05, 3.63) is 64.2 Å². The molecule has 0 atom stereocenters. The highest BCUT2D eigenvalue weighted by Gasteiger charge is 2.15. The van der Waals surface area contributed by atoms with Gasteiger partial charge in [-0.05, 0) is 61.2 Å². The van der Waals surface area contributed by atoms with Crippen molar-refractivity contribution in [3.63, 3.8) is 0 Å². The van der Waals surface area contributed by atoms with Crippen molar-refractivity contribution in [2.24, 2.45) is 0 Å². The van der Waals surface area contributed by atoms with Gasteiger partial charge in [-0.2, -0.15) is 0 Å². The van der Waals surface area contributed by atoms with E-state index in [-0.39, 0.29) is 17.3 Å². The number of carbonyl (C=O) groups excluding carboxylic acids is 1. The molecule has 2 aromatic rings. The Hall–Kier alpha value is -3.35. The topological polar surface area (TPSA) is 84.7 Å². The quantitative estimate of drug-likeness (QED) is 0.400. The summed E-state index contributed by atoms with van der Waals surface area (Å²) in [7, 11) is 0. The first-order chi connectivity index (χ1) is 14.1. The van der Waals surface area contributed by atoms with Crippen molar-refractivity contribution in [1.82, 2.24) is 0 Å². The average Bonchev–Trinajstić information content (AvgIpc) is 3.26. The maximum atomic E-state index is 12.2. The monoisotopic (exact) mass is 395 g/mol. The summed E-state index contributed by atoms with van der Waals surface area (Å²) in [4.78, 5) is 25.3. The van der Waals surface area contributed by atoms with Crippen molar-refractivity contribution in [3.8, 4) is 5.75 Å². The second-order valence-corrected chi connectivity index (χ2v) is 6.90. The van der Waals surface area contributed by atoms with Crippen LogP contribution in [0.15, 0.2) is 48.5 Å². The third-order valence-corrected chi connectivity index (χ3v) is 4.67. The fourth-order valence-electron chi connectivity index (χ4n) is 3.20. The molecule has 0 saturated carbocycles. The van der Waals surface area contributed by atoms with E-state index in [0.717, 1.165) is 25.2 Å². The molecule has 3 rings (SSSR count). The van der Waals surface area contributed by atoms with E-state index in [0.29, 0.717) is 17.9 Å². The van der Waals surface area contributed by atoms with E-state index in [9.17, 15) is 14.9 Å². The fraction of sp³-hybridized carbons (Fsp3) is 0.318. The number of nitro benzene ring substituents is 1. The Balaban J connectivity index is 1.62. The number of benzene rings is 2. The lowest BCUT2D eigenvalue weighted by molar-refractivity contribution is -0.385. The predicted octanol–water partition coefficient (Wildman–Crippen LogP) is 4.64. The van der Waals surface area contributed by atoms with Gasteiger partial charge in [0.2, 0.25) is 5.91 Å². The molecular weight excluding hydrogens is 370 g/mol. The summed E-state index contributed by atoms with van der Waals surface area (Å²) >= 11 is 0. The van der Waals surface area contributed by atoms with Crippen molar-refractivity contribution >= 4 is 29.0 Å². The highest BCUT2D eigenvalue weighted by molar-refractivity contribution is 6.02. The zero-order chi connectivity index (χ0) is 20.6. The Morgan fingerprint density at radius 2 is 1.93 bits per heavy atom. The molecule has 1 amide bonds. The molecule has 1 N–H and O–H groups in total. The summed E-state index contributed by atoms with van der Waals surface area (Å²) in [6, 6.07) is 12.4. The van der Waals surface area contributed by atoms with Crippen molar-refractivity contribution in [1.29, 1.82) is 0 Å². The highest BCUT2D eigenvalue weighted by Crippen LogP contribution is 2.28. The number of ether oxygens (including phenoxy) is 1. The van der Waals surface area contributed by atoms with Crippen LogP contribution in [0.1, 0.15) is 31.7 Å². The summed E-state index contributed by atoms with van der Waals surface area (Å²) < 4.78 is 5.41. The second-order valence-electron chi connectivity index (χ2n) is 6.90. The summed E-state index contributed by atoms with van der Waals surface area (Å²) in [6.45, 7) is 4.49. The molecule has 1 aliphatic rings. The van der Waals surface area contributed by atoms with Gasteiger partial charge in [-0.25, -0.2) is 0 Å². The minimum Gasteiger partial charge on any atom is -0.487 e. The van der Waals surface area contributed by atoms with Crippen LogP contribution < -0.4 is 15.0 Å². The molecule has 29 heavy (non-hydrogen) atoms. The van der Waals surface area contributed by atoms with Crippen molar-refractivity contribution < 1.29 is 14.5 Å². The van der Waals surface area contributed by atoms with E-state index in [2.05, 4.69) is 10.2 Å².